The Kier molecular flexibility index (Phi) is 7.72. The van der Waals surface area contributed by atoms with Gasteiger partial charge in [-0.1, -0.05) is 0 Å². The molecule has 0 spiro atoms. The van der Waals surface area contributed by atoms with Crippen molar-refractivity contribution in [3.8, 4) is 11.5 Å². The summed E-state index contributed by atoms with van der Waals surface area (Å²) in [4.78, 5) is 13.5. The van der Waals surface area contributed by atoms with Gasteiger partial charge in [-0.05, 0) is 12.1 Å². The zero-order chi connectivity index (χ0) is 21.7. The van der Waals surface area contributed by atoms with Gasteiger partial charge in [-0.25, -0.2) is 8.42 Å². The fourth-order valence-corrected chi connectivity index (χ4v) is 4.25. The molecule has 0 aliphatic carbocycles. The van der Waals surface area contributed by atoms with Crippen LogP contribution in [0, 0.1) is 0 Å². The van der Waals surface area contributed by atoms with Gasteiger partial charge in [0.1, 0.15) is 6.61 Å². The lowest BCUT2D eigenvalue weighted by Gasteiger charge is -2.34. The number of hydrogen-bond acceptors (Lipinski definition) is 6. The van der Waals surface area contributed by atoms with E-state index in [-0.39, 0.29) is 55.8 Å². The van der Waals surface area contributed by atoms with Crippen LogP contribution in [0.3, 0.4) is 0 Å². The van der Waals surface area contributed by atoms with Crippen LogP contribution in [0.2, 0.25) is 0 Å². The molecule has 0 radical (unpaired) electrons. The quantitative estimate of drug-likeness (QED) is 0.570. The minimum Gasteiger partial charge on any atom is -0.493 e. The van der Waals surface area contributed by atoms with Crippen LogP contribution in [-0.2, 0) is 19.6 Å². The second kappa shape index (κ2) is 9.63. The maximum Gasteiger partial charge on any atom is 0.411 e. The Balaban J connectivity index is 1.92. The molecule has 0 aromatic heterocycles. The number of benzene rings is 1. The predicted octanol–water partition coefficient (Wildman–Crippen LogP) is 1.51. The van der Waals surface area contributed by atoms with Crippen LogP contribution in [0.1, 0.15) is 6.42 Å². The number of carbonyl (C=O) groups is 1. The summed E-state index contributed by atoms with van der Waals surface area (Å²) in [6.07, 6.45) is -4.63. The number of sulfonamides is 1. The number of amides is 1. The van der Waals surface area contributed by atoms with Gasteiger partial charge in [0.2, 0.25) is 15.9 Å². The smallest absolute Gasteiger partial charge is 0.411 e. The van der Waals surface area contributed by atoms with E-state index in [0.29, 0.717) is 5.75 Å². The number of methoxy groups -OCH3 is 2. The average Bonchev–Trinajstić information content (AvgIpc) is 2.69. The third-order valence-corrected chi connectivity index (χ3v) is 6.20. The second-order valence-corrected chi connectivity index (χ2v) is 8.16. The molecular weight excluding hydrogens is 417 g/mol. The highest BCUT2D eigenvalue weighted by Gasteiger charge is 2.31. The van der Waals surface area contributed by atoms with E-state index < -0.39 is 22.8 Å². The van der Waals surface area contributed by atoms with E-state index in [1.807, 2.05) is 0 Å². The summed E-state index contributed by atoms with van der Waals surface area (Å²) in [5.74, 6) is 0.297. The first-order valence-corrected chi connectivity index (χ1v) is 10.2. The molecule has 1 fully saturated rings. The van der Waals surface area contributed by atoms with Gasteiger partial charge in [0.15, 0.2) is 11.5 Å². The fraction of sp³-hybridized carbons (Fsp3) is 0.588. The number of hydrogen-bond donors (Lipinski definition) is 0. The Morgan fingerprint density at radius 2 is 1.69 bits per heavy atom. The summed E-state index contributed by atoms with van der Waals surface area (Å²) in [7, 11) is -0.955. The van der Waals surface area contributed by atoms with Crippen molar-refractivity contribution in [1.82, 2.24) is 9.21 Å². The van der Waals surface area contributed by atoms with Crippen molar-refractivity contribution in [3.05, 3.63) is 18.2 Å². The largest absolute Gasteiger partial charge is 0.493 e. The number of alkyl halides is 3. The second-order valence-electron chi connectivity index (χ2n) is 6.22. The van der Waals surface area contributed by atoms with Gasteiger partial charge in [-0.3, -0.25) is 4.79 Å². The zero-order valence-corrected chi connectivity index (χ0v) is 16.9. The molecule has 8 nitrogen and oxygen atoms in total. The molecule has 1 saturated heterocycles. The molecule has 0 atom stereocenters. The lowest BCUT2D eigenvalue weighted by atomic mass is 10.3. The van der Waals surface area contributed by atoms with Crippen molar-refractivity contribution in [2.45, 2.75) is 17.5 Å². The first-order valence-electron chi connectivity index (χ1n) is 8.73. The van der Waals surface area contributed by atoms with E-state index in [4.69, 9.17) is 9.47 Å². The van der Waals surface area contributed by atoms with Crippen LogP contribution in [0.15, 0.2) is 23.1 Å². The number of ether oxygens (including phenoxy) is 3. The van der Waals surface area contributed by atoms with Crippen LogP contribution in [0.5, 0.6) is 11.5 Å². The molecule has 1 amide bonds. The van der Waals surface area contributed by atoms with Crippen molar-refractivity contribution in [1.29, 1.82) is 0 Å². The highest BCUT2D eigenvalue weighted by Crippen LogP contribution is 2.30. The third-order valence-electron chi connectivity index (χ3n) is 4.31. The molecule has 29 heavy (non-hydrogen) atoms. The van der Waals surface area contributed by atoms with Crippen LogP contribution in [0.4, 0.5) is 13.2 Å². The molecule has 2 rings (SSSR count). The third kappa shape index (κ3) is 6.21. The molecular formula is C17H23F3N2O6S. The van der Waals surface area contributed by atoms with E-state index in [1.165, 1.54) is 41.6 Å². The van der Waals surface area contributed by atoms with Crippen molar-refractivity contribution in [3.63, 3.8) is 0 Å². The van der Waals surface area contributed by atoms with E-state index in [0.717, 1.165) is 0 Å². The van der Waals surface area contributed by atoms with Gasteiger partial charge >= 0.3 is 6.18 Å². The van der Waals surface area contributed by atoms with Crippen molar-refractivity contribution in [2.75, 3.05) is 53.6 Å². The van der Waals surface area contributed by atoms with Gasteiger partial charge < -0.3 is 19.1 Å². The Hall–Kier alpha value is -2.05. The highest BCUT2D eigenvalue weighted by atomic mass is 32.2. The number of rotatable bonds is 8. The van der Waals surface area contributed by atoms with Crippen LogP contribution >= 0.6 is 0 Å². The van der Waals surface area contributed by atoms with E-state index in [1.54, 1.807) is 0 Å². The predicted molar refractivity (Wildman–Crippen MR) is 96.4 cm³/mol. The SMILES string of the molecule is COc1ccc(S(=O)(=O)N2CCN(C(=O)CCOCC(F)(F)F)CC2)cc1OC. The zero-order valence-electron chi connectivity index (χ0n) is 16.1. The van der Waals surface area contributed by atoms with Gasteiger partial charge in [-0.15, -0.1) is 0 Å². The number of halogens is 3. The lowest BCUT2D eigenvalue weighted by molar-refractivity contribution is -0.175. The van der Waals surface area contributed by atoms with Crippen molar-refractivity contribution in [2.24, 2.45) is 0 Å². The molecule has 1 aliphatic rings. The van der Waals surface area contributed by atoms with Gasteiger partial charge in [0.05, 0.1) is 32.1 Å². The molecule has 0 unspecified atom stereocenters. The number of carbonyl (C=O) groups excluding carboxylic acids is 1. The molecule has 0 N–H and O–H groups in total. The summed E-state index contributed by atoms with van der Waals surface area (Å²) in [5, 5.41) is 0. The molecule has 0 bridgehead atoms. The minimum absolute atomic E-state index is 0.0375. The van der Waals surface area contributed by atoms with Gasteiger partial charge in [-0.2, -0.15) is 17.5 Å². The lowest BCUT2D eigenvalue weighted by Crippen LogP contribution is -2.50. The molecule has 12 heteroatoms. The molecule has 164 valence electrons. The van der Waals surface area contributed by atoms with Crippen molar-refractivity contribution < 1.29 is 40.6 Å². The van der Waals surface area contributed by atoms with Crippen molar-refractivity contribution >= 4 is 15.9 Å². The monoisotopic (exact) mass is 440 g/mol. The van der Waals surface area contributed by atoms with E-state index >= 15 is 0 Å². The maximum atomic E-state index is 12.8. The van der Waals surface area contributed by atoms with Crippen LogP contribution < -0.4 is 9.47 Å². The van der Waals surface area contributed by atoms with E-state index in [9.17, 15) is 26.4 Å². The summed E-state index contributed by atoms with van der Waals surface area (Å²) < 4.78 is 77.6. The van der Waals surface area contributed by atoms with Crippen LogP contribution in [-0.4, -0.2) is 83.3 Å². The summed E-state index contributed by atoms with van der Waals surface area (Å²) >= 11 is 0. The molecule has 1 aliphatic heterocycles. The first kappa shape index (κ1) is 23.2. The highest BCUT2D eigenvalue weighted by molar-refractivity contribution is 7.89. The minimum atomic E-state index is -4.44. The first-order chi connectivity index (χ1) is 13.6. The normalized spacial score (nSPS) is 16.0. The molecule has 1 heterocycles. The summed E-state index contributed by atoms with van der Waals surface area (Å²) in [6, 6.07) is 4.27. The standard InChI is InChI=1S/C17H23F3N2O6S/c1-26-14-4-3-13(11-15(14)27-2)29(24,25)22-8-6-21(7-9-22)16(23)5-10-28-12-17(18,19)20/h3-4,11H,5-10,12H2,1-2H3. The Morgan fingerprint density at radius 3 is 2.24 bits per heavy atom. The molecule has 1 aromatic carbocycles. The number of nitrogens with zero attached hydrogens (tertiary/aromatic N) is 2. The summed E-state index contributed by atoms with van der Waals surface area (Å²) in [5.41, 5.74) is 0. The average molecular weight is 440 g/mol. The Bertz CT molecular complexity index is 808. The Morgan fingerprint density at radius 1 is 1.07 bits per heavy atom. The molecule has 1 aromatic rings. The van der Waals surface area contributed by atoms with Gasteiger partial charge in [0, 0.05) is 32.2 Å². The molecule has 0 saturated carbocycles. The summed E-state index contributed by atoms with van der Waals surface area (Å²) in [6.45, 7) is -1.31. The number of piperazine rings is 1. The topological polar surface area (TPSA) is 85.4 Å². The van der Waals surface area contributed by atoms with E-state index in [2.05, 4.69) is 4.74 Å². The maximum absolute atomic E-state index is 12.8. The Labute approximate surface area is 167 Å². The van der Waals surface area contributed by atoms with Crippen LogP contribution in [0.25, 0.3) is 0 Å². The fourth-order valence-electron chi connectivity index (χ4n) is 2.81. The van der Waals surface area contributed by atoms with Gasteiger partial charge in [0.25, 0.3) is 0 Å².